The fraction of sp³-hybridized carbons (Fsp3) is 0.650. The van der Waals surface area contributed by atoms with Crippen molar-refractivity contribution in [1.82, 2.24) is 5.32 Å². The highest BCUT2D eigenvalue weighted by Gasteiger charge is 2.13. The number of methoxy groups -OCH3 is 1. The fourth-order valence-electron chi connectivity index (χ4n) is 2.41. The van der Waals surface area contributed by atoms with Gasteiger partial charge in [0.2, 0.25) is 0 Å². The average Bonchev–Trinajstić information content (AvgIpc) is 2.61. The van der Waals surface area contributed by atoms with E-state index in [4.69, 9.17) is 9.47 Å². The molecule has 0 saturated heterocycles. The van der Waals surface area contributed by atoms with Crippen molar-refractivity contribution < 1.29 is 19.4 Å². The molecule has 1 aromatic rings. The van der Waals surface area contributed by atoms with Crippen LogP contribution in [0.2, 0.25) is 0 Å². The van der Waals surface area contributed by atoms with Gasteiger partial charge in [-0.15, -0.1) is 0 Å². The van der Waals surface area contributed by atoms with Crippen LogP contribution in [0.15, 0.2) is 18.2 Å². The topological polar surface area (TPSA) is 67.8 Å². The molecule has 0 aliphatic heterocycles. The molecule has 0 fully saturated rings. The summed E-state index contributed by atoms with van der Waals surface area (Å²) in [6.45, 7) is 7.18. The minimum absolute atomic E-state index is 0.177. The lowest BCUT2D eigenvalue weighted by atomic mass is 10.0. The zero-order valence-electron chi connectivity index (χ0n) is 16.0. The van der Waals surface area contributed by atoms with Gasteiger partial charge in [-0.3, -0.25) is 4.79 Å². The van der Waals surface area contributed by atoms with E-state index in [-0.39, 0.29) is 11.8 Å². The Morgan fingerprint density at radius 2 is 1.96 bits per heavy atom. The largest absolute Gasteiger partial charge is 0.493 e. The normalized spacial score (nSPS) is 12.1. The van der Waals surface area contributed by atoms with Crippen molar-refractivity contribution in [1.29, 1.82) is 0 Å². The van der Waals surface area contributed by atoms with Gasteiger partial charge < -0.3 is 19.9 Å². The molecule has 0 bridgehead atoms. The maximum atomic E-state index is 12.2. The Bertz CT molecular complexity index is 516. The number of hydrogen-bond acceptors (Lipinski definition) is 4. The molecule has 142 valence electrons. The number of carbonyl (C=O) groups excluding carboxylic acids is 1. The fourth-order valence-corrected chi connectivity index (χ4v) is 2.41. The summed E-state index contributed by atoms with van der Waals surface area (Å²) < 4.78 is 11.1. The SMILES string of the molecule is CCCCCCOc1ccc(C(=O)NCCC(O)C(C)C)cc1OC. The Morgan fingerprint density at radius 3 is 2.60 bits per heavy atom. The highest BCUT2D eigenvalue weighted by atomic mass is 16.5. The molecule has 25 heavy (non-hydrogen) atoms. The Morgan fingerprint density at radius 1 is 1.20 bits per heavy atom. The van der Waals surface area contributed by atoms with E-state index in [1.165, 1.54) is 12.8 Å². The van der Waals surface area contributed by atoms with Crippen molar-refractivity contribution >= 4 is 5.91 Å². The van der Waals surface area contributed by atoms with Crippen LogP contribution in [0.3, 0.4) is 0 Å². The number of rotatable bonds is 12. The molecular formula is C20H33NO4. The Hall–Kier alpha value is -1.75. The van der Waals surface area contributed by atoms with E-state index in [1.807, 2.05) is 13.8 Å². The monoisotopic (exact) mass is 351 g/mol. The number of nitrogens with one attached hydrogen (secondary N) is 1. The van der Waals surface area contributed by atoms with Gasteiger partial charge >= 0.3 is 0 Å². The first-order valence-electron chi connectivity index (χ1n) is 9.26. The van der Waals surface area contributed by atoms with Crippen LogP contribution in [0, 0.1) is 5.92 Å². The van der Waals surface area contributed by atoms with Crippen LogP contribution in [0.25, 0.3) is 0 Å². The van der Waals surface area contributed by atoms with Crippen LogP contribution in [0.1, 0.15) is 63.2 Å². The predicted molar refractivity (Wildman–Crippen MR) is 100 cm³/mol. The van der Waals surface area contributed by atoms with E-state index in [0.717, 1.165) is 12.8 Å². The van der Waals surface area contributed by atoms with Crippen molar-refractivity contribution in [3.8, 4) is 11.5 Å². The second-order valence-corrected chi connectivity index (χ2v) is 6.63. The van der Waals surface area contributed by atoms with E-state index in [1.54, 1.807) is 25.3 Å². The molecule has 0 saturated carbocycles. The van der Waals surface area contributed by atoms with Crippen LogP contribution in [0.5, 0.6) is 11.5 Å². The highest BCUT2D eigenvalue weighted by molar-refractivity contribution is 5.94. The number of amides is 1. The second kappa shape index (κ2) is 11.7. The molecule has 0 aromatic heterocycles. The summed E-state index contributed by atoms with van der Waals surface area (Å²) in [6.07, 6.45) is 4.71. The molecule has 0 heterocycles. The number of aliphatic hydroxyl groups is 1. The number of unbranched alkanes of at least 4 members (excludes halogenated alkanes) is 3. The molecule has 1 rings (SSSR count). The van der Waals surface area contributed by atoms with Gasteiger partial charge in [0.25, 0.3) is 5.91 Å². The third-order valence-corrected chi connectivity index (χ3v) is 4.18. The molecule has 5 nitrogen and oxygen atoms in total. The first kappa shape index (κ1) is 21.3. The molecule has 2 N–H and O–H groups in total. The van der Waals surface area contributed by atoms with Crippen LogP contribution in [0.4, 0.5) is 0 Å². The molecule has 0 radical (unpaired) electrons. The van der Waals surface area contributed by atoms with Gasteiger partial charge in [-0.25, -0.2) is 0 Å². The Balaban J connectivity index is 2.53. The first-order valence-corrected chi connectivity index (χ1v) is 9.26. The third-order valence-electron chi connectivity index (χ3n) is 4.18. The second-order valence-electron chi connectivity index (χ2n) is 6.63. The summed E-state index contributed by atoms with van der Waals surface area (Å²) in [5.41, 5.74) is 0.522. The number of hydrogen-bond donors (Lipinski definition) is 2. The molecule has 5 heteroatoms. The quantitative estimate of drug-likeness (QED) is 0.562. The van der Waals surface area contributed by atoms with Crippen molar-refractivity contribution in [2.75, 3.05) is 20.3 Å². The van der Waals surface area contributed by atoms with Crippen LogP contribution in [-0.4, -0.2) is 37.4 Å². The van der Waals surface area contributed by atoms with Crippen molar-refractivity contribution in [2.24, 2.45) is 5.92 Å². The summed E-state index contributed by atoms with van der Waals surface area (Å²) in [7, 11) is 1.57. The summed E-state index contributed by atoms with van der Waals surface area (Å²) in [4.78, 5) is 12.2. The predicted octanol–water partition coefficient (Wildman–Crippen LogP) is 3.79. The van der Waals surface area contributed by atoms with Gasteiger partial charge in [-0.1, -0.05) is 40.0 Å². The van der Waals surface area contributed by atoms with E-state index in [2.05, 4.69) is 12.2 Å². The van der Waals surface area contributed by atoms with Crippen LogP contribution in [-0.2, 0) is 0 Å². The van der Waals surface area contributed by atoms with Gasteiger partial charge in [0, 0.05) is 12.1 Å². The molecule has 0 aliphatic rings. The van der Waals surface area contributed by atoms with Crippen molar-refractivity contribution in [2.45, 2.75) is 59.0 Å². The molecule has 1 unspecified atom stereocenters. The number of carbonyl (C=O) groups is 1. The molecule has 1 amide bonds. The highest BCUT2D eigenvalue weighted by Crippen LogP contribution is 2.28. The average molecular weight is 351 g/mol. The lowest BCUT2D eigenvalue weighted by Crippen LogP contribution is -2.28. The van der Waals surface area contributed by atoms with Crippen LogP contribution >= 0.6 is 0 Å². The molecule has 0 spiro atoms. The van der Waals surface area contributed by atoms with Crippen molar-refractivity contribution in [3.05, 3.63) is 23.8 Å². The van der Waals surface area contributed by atoms with Crippen molar-refractivity contribution in [3.63, 3.8) is 0 Å². The van der Waals surface area contributed by atoms with Crippen LogP contribution < -0.4 is 14.8 Å². The summed E-state index contributed by atoms with van der Waals surface area (Å²) in [5.74, 6) is 1.23. The van der Waals surface area contributed by atoms with Gasteiger partial charge in [0.05, 0.1) is 19.8 Å². The molecule has 0 aliphatic carbocycles. The smallest absolute Gasteiger partial charge is 0.251 e. The Labute approximate surface area is 151 Å². The van der Waals surface area contributed by atoms with E-state index >= 15 is 0 Å². The molecule has 1 atom stereocenters. The van der Waals surface area contributed by atoms with E-state index in [9.17, 15) is 9.90 Å². The summed E-state index contributed by atoms with van der Waals surface area (Å²) in [6, 6.07) is 5.20. The van der Waals surface area contributed by atoms with Gasteiger partial charge in [0.1, 0.15) is 0 Å². The van der Waals surface area contributed by atoms with E-state index < -0.39 is 6.10 Å². The lowest BCUT2D eigenvalue weighted by molar-refractivity contribution is 0.0920. The zero-order valence-corrected chi connectivity index (χ0v) is 16.0. The van der Waals surface area contributed by atoms with E-state index in [0.29, 0.717) is 36.6 Å². The summed E-state index contributed by atoms with van der Waals surface area (Å²) >= 11 is 0. The number of aliphatic hydroxyl groups excluding tert-OH is 1. The lowest BCUT2D eigenvalue weighted by Gasteiger charge is -2.15. The maximum Gasteiger partial charge on any atom is 0.251 e. The Kier molecular flexibility index (Phi) is 10.0. The standard InChI is InChI=1S/C20H33NO4/c1-5-6-7-8-13-25-18-10-9-16(14-19(18)24-4)20(23)21-12-11-17(22)15(2)3/h9-10,14-15,17,22H,5-8,11-13H2,1-4H3,(H,21,23). The zero-order chi connectivity index (χ0) is 18.7. The molecule has 1 aromatic carbocycles. The minimum Gasteiger partial charge on any atom is -0.493 e. The molecular weight excluding hydrogens is 318 g/mol. The summed E-state index contributed by atoms with van der Waals surface area (Å²) in [5, 5.41) is 12.6. The number of ether oxygens (including phenoxy) is 2. The number of benzene rings is 1. The maximum absolute atomic E-state index is 12.2. The van der Waals surface area contributed by atoms with Gasteiger partial charge in [-0.05, 0) is 37.0 Å². The third kappa shape index (κ3) is 7.78. The van der Waals surface area contributed by atoms with Gasteiger partial charge in [-0.2, -0.15) is 0 Å². The van der Waals surface area contributed by atoms with Gasteiger partial charge in [0.15, 0.2) is 11.5 Å². The minimum atomic E-state index is -0.404. The first-order chi connectivity index (χ1) is 12.0.